The molecule has 0 spiro atoms. The van der Waals surface area contributed by atoms with E-state index in [9.17, 15) is 9.59 Å². The maximum Gasteiger partial charge on any atom is 0.319 e. The minimum atomic E-state index is -0.336. The van der Waals surface area contributed by atoms with E-state index >= 15 is 0 Å². The Kier molecular flexibility index (Phi) is 5.29. The molecule has 5 nitrogen and oxygen atoms in total. The number of carbonyl (C=O) groups excluding carboxylic acids is 2. The van der Waals surface area contributed by atoms with Crippen molar-refractivity contribution in [2.45, 2.75) is 6.92 Å². The van der Waals surface area contributed by atoms with Crippen molar-refractivity contribution in [3.05, 3.63) is 29.3 Å². The highest BCUT2D eigenvalue weighted by atomic mass is 35.5. The first-order chi connectivity index (χ1) is 8.08. The minimum absolute atomic E-state index is 0.123. The molecule has 0 radical (unpaired) electrons. The fraction of sp³-hybridized carbons (Fsp3) is 0.273. The van der Waals surface area contributed by atoms with Crippen LogP contribution in [0.2, 0.25) is 5.02 Å². The zero-order chi connectivity index (χ0) is 12.7. The average Bonchev–Trinajstić information content (AvgIpc) is 2.24. The van der Waals surface area contributed by atoms with Gasteiger partial charge in [0.05, 0.1) is 0 Å². The highest BCUT2D eigenvalue weighted by Gasteiger charge is 2.01. The van der Waals surface area contributed by atoms with Crippen molar-refractivity contribution >= 4 is 29.2 Å². The maximum absolute atomic E-state index is 11.4. The molecule has 1 aromatic rings. The Morgan fingerprint density at radius 3 is 2.59 bits per heavy atom. The molecule has 0 atom stereocenters. The number of benzene rings is 1. The van der Waals surface area contributed by atoms with Crippen LogP contribution in [0.3, 0.4) is 0 Å². The first-order valence-corrected chi connectivity index (χ1v) is 5.50. The van der Waals surface area contributed by atoms with Crippen LogP contribution >= 0.6 is 11.6 Å². The number of amides is 3. The van der Waals surface area contributed by atoms with Gasteiger partial charge in [0.25, 0.3) is 0 Å². The molecule has 3 N–H and O–H groups in total. The van der Waals surface area contributed by atoms with Gasteiger partial charge in [0.2, 0.25) is 5.91 Å². The summed E-state index contributed by atoms with van der Waals surface area (Å²) in [5, 5.41) is 8.35. The van der Waals surface area contributed by atoms with E-state index < -0.39 is 0 Å². The SMILES string of the molecule is CC(=O)NCCNC(=O)Nc1cccc(Cl)c1. The highest BCUT2D eigenvalue weighted by Crippen LogP contribution is 2.14. The van der Waals surface area contributed by atoms with Crippen LogP contribution in [0.5, 0.6) is 0 Å². The second-order valence-corrected chi connectivity index (χ2v) is 3.81. The van der Waals surface area contributed by atoms with E-state index in [1.54, 1.807) is 24.3 Å². The van der Waals surface area contributed by atoms with Crippen LogP contribution in [-0.4, -0.2) is 25.0 Å². The van der Waals surface area contributed by atoms with Crippen molar-refractivity contribution in [3.63, 3.8) is 0 Å². The molecule has 0 bridgehead atoms. The Hall–Kier alpha value is -1.75. The van der Waals surface area contributed by atoms with Crippen molar-refractivity contribution < 1.29 is 9.59 Å². The lowest BCUT2D eigenvalue weighted by molar-refractivity contribution is -0.118. The van der Waals surface area contributed by atoms with Crippen LogP contribution in [0, 0.1) is 0 Å². The van der Waals surface area contributed by atoms with E-state index in [4.69, 9.17) is 11.6 Å². The third-order valence-corrected chi connectivity index (χ3v) is 2.10. The predicted octanol–water partition coefficient (Wildman–Crippen LogP) is 1.60. The third-order valence-electron chi connectivity index (χ3n) is 1.87. The molecular weight excluding hydrogens is 242 g/mol. The van der Waals surface area contributed by atoms with E-state index in [2.05, 4.69) is 16.0 Å². The van der Waals surface area contributed by atoms with Gasteiger partial charge < -0.3 is 16.0 Å². The number of hydrogen-bond donors (Lipinski definition) is 3. The normalized spacial score (nSPS) is 9.53. The number of carbonyl (C=O) groups is 2. The minimum Gasteiger partial charge on any atom is -0.355 e. The number of anilines is 1. The summed E-state index contributed by atoms with van der Waals surface area (Å²) in [6.07, 6.45) is 0. The molecule has 0 aromatic heterocycles. The van der Waals surface area contributed by atoms with Crippen molar-refractivity contribution in [1.29, 1.82) is 0 Å². The van der Waals surface area contributed by atoms with Crippen LogP contribution in [-0.2, 0) is 4.79 Å². The molecule has 0 aliphatic rings. The van der Waals surface area contributed by atoms with Crippen LogP contribution in [0.1, 0.15) is 6.92 Å². The molecule has 0 saturated carbocycles. The predicted molar refractivity (Wildman–Crippen MR) is 67.2 cm³/mol. The molecule has 6 heteroatoms. The highest BCUT2D eigenvalue weighted by molar-refractivity contribution is 6.30. The Balaban J connectivity index is 2.27. The molecule has 0 fully saturated rings. The monoisotopic (exact) mass is 255 g/mol. The zero-order valence-corrected chi connectivity index (χ0v) is 10.2. The van der Waals surface area contributed by atoms with Gasteiger partial charge in [-0.05, 0) is 18.2 Å². The summed E-state index contributed by atoms with van der Waals surface area (Å²) in [7, 11) is 0. The quantitative estimate of drug-likeness (QED) is 0.715. The van der Waals surface area contributed by atoms with Crippen LogP contribution < -0.4 is 16.0 Å². The van der Waals surface area contributed by atoms with E-state index in [1.165, 1.54) is 6.92 Å². The van der Waals surface area contributed by atoms with Crippen LogP contribution in [0.25, 0.3) is 0 Å². The van der Waals surface area contributed by atoms with Crippen LogP contribution in [0.4, 0.5) is 10.5 Å². The van der Waals surface area contributed by atoms with Crippen molar-refractivity contribution in [2.75, 3.05) is 18.4 Å². The Morgan fingerprint density at radius 2 is 1.94 bits per heavy atom. The number of rotatable bonds is 4. The van der Waals surface area contributed by atoms with Crippen molar-refractivity contribution in [2.24, 2.45) is 0 Å². The first-order valence-electron chi connectivity index (χ1n) is 5.13. The summed E-state index contributed by atoms with van der Waals surface area (Å²) in [5.74, 6) is -0.123. The van der Waals surface area contributed by atoms with Gasteiger partial charge in [0, 0.05) is 30.7 Å². The summed E-state index contributed by atoms with van der Waals surface area (Å²) in [6.45, 7) is 2.19. The third kappa shape index (κ3) is 5.77. The van der Waals surface area contributed by atoms with Crippen LogP contribution in [0.15, 0.2) is 24.3 Å². The lowest BCUT2D eigenvalue weighted by Gasteiger charge is -2.07. The second-order valence-electron chi connectivity index (χ2n) is 3.37. The first kappa shape index (κ1) is 13.3. The van der Waals surface area contributed by atoms with E-state index in [-0.39, 0.29) is 11.9 Å². The second kappa shape index (κ2) is 6.75. The summed E-state index contributed by atoms with van der Waals surface area (Å²) in [6, 6.07) is 6.52. The molecule has 3 amide bonds. The van der Waals surface area contributed by atoms with Crippen molar-refractivity contribution in [1.82, 2.24) is 10.6 Å². The smallest absolute Gasteiger partial charge is 0.319 e. The number of halogens is 1. The van der Waals surface area contributed by atoms with Gasteiger partial charge in [-0.15, -0.1) is 0 Å². The summed E-state index contributed by atoms with van der Waals surface area (Å²) >= 11 is 5.77. The Bertz CT molecular complexity index is 409. The Morgan fingerprint density at radius 1 is 1.24 bits per heavy atom. The fourth-order valence-corrected chi connectivity index (χ4v) is 1.35. The fourth-order valence-electron chi connectivity index (χ4n) is 1.16. The standard InChI is InChI=1S/C11H14ClN3O2/c1-8(16)13-5-6-14-11(17)15-10-4-2-3-9(12)7-10/h2-4,7H,5-6H2,1H3,(H,13,16)(H2,14,15,17). The Labute approximate surface area is 105 Å². The van der Waals surface area contributed by atoms with Gasteiger partial charge in [0.1, 0.15) is 0 Å². The molecular formula is C11H14ClN3O2. The molecule has 0 unspecified atom stereocenters. The zero-order valence-electron chi connectivity index (χ0n) is 9.42. The molecule has 0 saturated heterocycles. The molecule has 0 aliphatic heterocycles. The molecule has 92 valence electrons. The molecule has 1 rings (SSSR count). The van der Waals surface area contributed by atoms with Gasteiger partial charge in [-0.2, -0.15) is 0 Å². The largest absolute Gasteiger partial charge is 0.355 e. The van der Waals surface area contributed by atoms with Crippen molar-refractivity contribution in [3.8, 4) is 0 Å². The van der Waals surface area contributed by atoms with E-state index in [1.807, 2.05) is 0 Å². The summed E-state index contributed by atoms with van der Waals surface area (Å²) in [4.78, 5) is 22.0. The molecule has 0 heterocycles. The topological polar surface area (TPSA) is 70.2 Å². The van der Waals surface area contributed by atoms with Gasteiger partial charge >= 0.3 is 6.03 Å². The lowest BCUT2D eigenvalue weighted by Crippen LogP contribution is -2.36. The van der Waals surface area contributed by atoms with Gasteiger partial charge in [0.15, 0.2) is 0 Å². The summed E-state index contributed by atoms with van der Waals surface area (Å²) < 4.78 is 0. The number of nitrogens with one attached hydrogen (secondary N) is 3. The maximum atomic E-state index is 11.4. The summed E-state index contributed by atoms with van der Waals surface area (Å²) in [5.41, 5.74) is 0.620. The lowest BCUT2D eigenvalue weighted by atomic mass is 10.3. The average molecular weight is 256 g/mol. The van der Waals surface area contributed by atoms with E-state index in [0.717, 1.165) is 0 Å². The van der Waals surface area contributed by atoms with Gasteiger partial charge in [-0.25, -0.2) is 4.79 Å². The molecule has 1 aromatic carbocycles. The van der Waals surface area contributed by atoms with E-state index in [0.29, 0.717) is 23.8 Å². The van der Waals surface area contributed by atoms with Gasteiger partial charge in [-0.3, -0.25) is 4.79 Å². The molecule has 0 aliphatic carbocycles. The number of urea groups is 1. The van der Waals surface area contributed by atoms with Gasteiger partial charge in [-0.1, -0.05) is 17.7 Å². The number of hydrogen-bond acceptors (Lipinski definition) is 2. The molecule has 17 heavy (non-hydrogen) atoms.